The third-order valence-electron chi connectivity index (χ3n) is 4.29. The van der Waals surface area contributed by atoms with Gasteiger partial charge < -0.3 is 9.32 Å². The molecule has 0 amide bonds. The first kappa shape index (κ1) is 14.2. The second-order valence-electron chi connectivity index (χ2n) is 5.99. The summed E-state index contributed by atoms with van der Waals surface area (Å²) >= 11 is 0. The van der Waals surface area contributed by atoms with E-state index in [2.05, 4.69) is 27.7 Å². The lowest BCUT2D eigenvalue weighted by Gasteiger charge is -2.30. The predicted molar refractivity (Wildman–Crippen MR) is 88.4 cm³/mol. The molecule has 0 radical (unpaired) electrons. The highest BCUT2D eigenvalue weighted by Gasteiger charge is 2.25. The molecule has 0 aliphatic carbocycles. The van der Waals surface area contributed by atoms with Crippen LogP contribution in [0.15, 0.2) is 35.0 Å². The minimum absolute atomic E-state index is 0.305. The lowest BCUT2D eigenvalue weighted by molar-refractivity contribution is 0.405. The number of fused-ring (bicyclic) bond motifs is 1. The van der Waals surface area contributed by atoms with E-state index in [0.29, 0.717) is 11.9 Å². The molecule has 2 aromatic heterocycles. The van der Waals surface area contributed by atoms with Crippen LogP contribution in [0.4, 0.5) is 10.3 Å². The maximum absolute atomic E-state index is 12.9. The molecule has 5 nitrogen and oxygen atoms in total. The maximum Gasteiger partial charge on any atom is 0.225 e. The summed E-state index contributed by atoms with van der Waals surface area (Å²) in [4.78, 5) is 14.8. The second kappa shape index (κ2) is 5.64. The molecule has 1 saturated heterocycles. The fourth-order valence-corrected chi connectivity index (χ4v) is 3.03. The highest BCUT2D eigenvalue weighted by atomic mass is 19.1. The molecule has 23 heavy (non-hydrogen) atoms. The molecule has 0 unspecified atom stereocenters. The van der Waals surface area contributed by atoms with Gasteiger partial charge in [-0.15, -0.1) is 0 Å². The summed E-state index contributed by atoms with van der Waals surface area (Å²) in [5, 5.41) is 0. The molecule has 0 N–H and O–H groups in total. The van der Waals surface area contributed by atoms with Gasteiger partial charge >= 0.3 is 0 Å². The van der Waals surface area contributed by atoms with Crippen molar-refractivity contribution in [3.05, 3.63) is 42.3 Å². The van der Waals surface area contributed by atoms with E-state index < -0.39 is 5.82 Å². The van der Waals surface area contributed by atoms with Gasteiger partial charge in [0.15, 0.2) is 17.3 Å². The number of hydrogen-bond donors (Lipinski definition) is 0. The Hall–Kier alpha value is -2.44. The van der Waals surface area contributed by atoms with Crippen molar-refractivity contribution >= 4 is 30.4 Å². The number of anilines is 1. The van der Waals surface area contributed by atoms with Crippen molar-refractivity contribution in [2.24, 2.45) is 0 Å². The maximum atomic E-state index is 12.9. The van der Waals surface area contributed by atoms with Gasteiger partial charge in [0.1, 0.15) is 13.4 Å². The number of halogens is 1. The topological polar surface area (TPSA) is 55.1 Å². The number of aromatic nitrogens is 3. The Morgan fingerprint density at radius 2 is 1.91 bits per heavy atom. The molecule has 1 fully saturated rings. The standard InChI is InChI=1S/C16H16BFN4O/c17-11-1-2-14-13(7-11)21-15(23-14)10-3-5-22(6-4-10)16-19-8-12(18)9-20-16/h1-2,7-10H,3-6,17H2. The summed E-state index contributed by atoms with van der Waals surface area (Å²) in [6.07, 6.45) is 4.26. The van der Waals surface area contributed by atoms with Crippen LogP contribution < -0.4 is 10.4 Å². The minimum Gasteiger partial charge on any atom is -0.440 e. The molecule has 3 aromatic rings. The van der Waals surface area contributed by atoms with Crippen molar-refractivity contribution < 1.29 is 8.81 Å². The largest absolute Gasteiger partial charge is 0.440 e. The zero-order chi connectivity index (χ0) is 15.8. The van der Waals surface area contributed by atoms with Crippen molar-refractivity contribution in [3.8, 4) is 0 Å². The highest BCUT2D eigenvalue weighted by molar-refractivity contribution is 6.33. The Labute approximate surface area is 134 Å². The summed E-state index contributed by atoms with van der Waals surface area (Å²) < 4.78 is 18.8. The summed E-state index contributed by atoms with van der Waals surface area (Å²) in [6, 6.07) is 6.05. The van der Waals surface area contributed by atoms with Gasteiger partial charge in [-0.3, -0.25) is 0 Å². The first-order valence-corrected chi connectivity index (χ1v) is 7.78. The molecule has 4 rings (SSSR count). The van der Waals surface area contributed by atoms with E-state index in [1.165, 1.54) is 17.9 Å². The van der Waals surface area contributed by atoms with Gasteiger partial charge in [0.25, 0.3) is 0 Å². The Kier molecular flexibility index (Phi) is 3.48. The van der Waals surface area contributed by atoms with E-state index in [9.17, 15) is 4.39 Å². The summed E-state index contributed by atoms with van der Waals surface area (Å²) in [5.74, 6) is 1.29. The van der Waals surface area contributed by atoms with E-state index in [1.54, 1.807) is 0 Å². The Bertz CT molecular complexity index is 828. The van der Waals surface area contributed by atoms with Crippen molar-refractivity contribution in [3.63, 3.8) is 0 Å². The number of hydrogen-bond acceptors (Lipinski definition) is 5. The molecule has 7 heteroatoms. The van der Waals surface area contributed by atoms with Crippen LogP contribution in [-0.4, -0.2) is 35.9 Å². The lowest BCUT2D eigenvalue weighted by atomic mass is 9.96. The Morgan fingerprint density at radius 3 is 2.65 bits per heavy atom. The third kappa shape index (κ3) is 2.78. The molecule has 0 atom stereocenters. The van der Waals surface area contributed by atoms with Crippen LogP contribution >= 0.6 is 0 Å². The molecule has 0 saturated carbocycles. The normalized spacial score (nSPS) is 16.1. The summed E-state index contributed by atoms with van der Waals surface area (Å²) in [6.45, 7) is 1.63. The second-order valence-corrected chi connectivity index (χ2v) is 5.99. The van der Waals surface area contributed by atoms with Crippen molar-refractivity contribution in [1.82, 2.24) is 15.0 Å². The molecule has 3 heterocycles. The van der Waals surface area contributed by atoms with Gasteiger partial charge in [0.2, 0.25) is 5.95 Å². The van der Waals surface area contributed by atoms with Gasteiger partial charge in [-0.2, -0.15) is 0 Å². The molecule has 1 aliphatic rings. The molecule has 1 aromatic carbocycles. The molecular weight excluding hydrogens is 294 g/mol. The van der Waals surface area contributed by atoms with Crippen LogP contribution in [-0.2, 0) is 0 Å². The quantitative estimate of drug-likeness (QED) is 0.670. The van der Waals surface area contributed by atoms with Crippen LogP contribution in [0.2, 0.25) is 0 Å². The van der Waals surface area contributed by atoms with Crippen LogP contribution in [0.1, 0.15) is 24.7 Å². The highest BCUT2D eigenvalue weighted by Crippen LogP contribution is 2.30. The number of nitrogens with zero attached hydrogens (tertiary/aromatic N) is 4. The smallest absolute Gasteiger partial charge is 0.225 e. The van der Waals surface area contributed by atoms with Gasteiger partial charge in [0.05, 0.1) is 12.4 Å². The lowest BCUT2D eigenvalue weighted by Crippen LogP contribution is -2.34. The van der Waals surface area contributed by atoms with E-state index in [1.807, 2.05) is 18.2 Å². The van der Waals surface area contributed by atoms with Gasteiger partial charge in [-0.05, 0) is 25.0 Å². The minimum atomic E-state index is -0.412. The number of rotatable bonds is 2. The van der Waals surface area contributed by atoms with E-state index >= 15 is 0 Å². The summed E-state index contributed by atoms with van der Waals surface area (Å²) in [5.41, 5.74) is 2.94. The fourth-order valence-electron chi connectivity index (χ4n) is 3.03. The fraction of sp³-hybridized carbons (Fsp3) is 0.312. The van der Waals surface area contributed by atoms with E-state index in [-0.39, 0.29) is 0 Å². The molecule has 1 aliphatic heterocycles. The zero-order valence-corrected chi connectivity index (χ0v) is 12.9. The van der Waals surface area contributed by atoms with Crippen molar-refractivity contribution in [2.45, 2.75) is 18.8 Å². The number of piperidine rings is 1. The average molecular weight is 310 g/mol. The van der Waals surface area contributed by atoms with Gasteiger partial charge in [-0.1, -0.05) is 11.5 Å². The molecule has 0 bridgehead atoms. The van der Waals surface area contributed by atoms with Crippen LogP contribution in [0.3, 0.4) is 0 Å². The molecule has 0 spiro atoms. The van der Waals surface area contributed by atoms with Crippen LogP contribution in [0.25, 0.3) is 11.1 Å². The first-order valence-electron chi connectivity index (χ1n) is 7.78. The van der Waals surface area contributed by atoms with Gasteiger partial charge in [0, 0.05) is 19.0 Å². The third-order valence-corrected chi connectivity index (χ3v) is 4.29. The van der Waals surface area contributed by atoms with E-state index in [0.717, 1.165) is 42.9 Å². The van der Waals surface area contributed by atoms with Crippen molar-refractivity contribution in [1.29, 1.82) is 0 Å². The monoisotopic (exact) mass is 310 g/mol. The number of oxazole rings is 1. The van der Waals surface area contributed by atoms with E-state index in [4.69, 9.17) is 4.42 Å². The molecule has 116 valence electrons. The number of benzene rings is 1. The Balaban J connectivity index is 1.48. The summed E-state index contributed by atoms with van der Waals surface area (Å²) in [7, 11) is 2.05. The zero-order valence-electron chi connectivity index (χ0n) is 12.9. The van der Waals surface area contributed by atoms with Crippen molar-refractivity contribution in [2.75, 3.05) is 18.0 Å². The first-order chi connectivity index (χ1) is 11.2. The van der Waals surface area contributed by atoms with Gasteiger partial charge in [-0.25, -0.2) is 19.3 Å². The van der Waals surface area contributed by atoms with Crippen LogP contribution in [0.5, 0.6) is 0 Å². The Morgan fingerprint density at radius 1 is 1.17 bits per heavy atom. The van der Waals surface area contributed by atoms with Crippen LogP contribution in [0, 0.1) is 5.82 Å². The average Bonchev–Trinajstić information content (AvgIpc) is 2.99. The predicted octanol–water partition coefficient (Wildman–Crippen LogP) is 1.40. The SMILES string of the molecule is Bc1ccc2oc(C3CCN(c4ncc(F)cn4)CC3)nc2c1. The molecular formula is C16H16BFN4O.